The molecular formula is C20H18N2O3. The van der Waals surface area contributed by atoms with E-state index in [1.807, 2.05) is 18.2 Å². The molecule has 0 saturated carbocycles. The molecule has 2 aromatic carbocycles. The van der Waals surface area contributed by atoms with E-state index in [1.165, 1.54) is 6.92 Å². The lowest BCUT2D eigenvalue weighted by molar-refractivity contribution is 0.101. The minimum Gasteiger partial charge on any atom is -0.497 e. The number of anilines is 1. The van der Waals surface area contributed by atoms with Gasteiger partial charge in [-0.2, -0.15) is 0 Å². The molecule has 0 spiro atoms. The van der Waals surface area contributed by atoms with Gasteiger partial charge in [0, 0.05) is 16.6 Å². The third kappa shape index (κ3) is 3.50. The number of hydrogen-bond acceptors (Lipinski definition) is 4. The Balaban J connectivity index is 1.95. The molecule has 1 N–H and O–H groups in total. The van der Waals surface area contributed by atoms with Crippen LogP contribution in [-0.2, 0) is 0 Å². The van der Waals surface area contributed by atoms with Gasteiger partial charge in [0.25, 0.3) is 5.91 Å². The molecule has 1 heterocycles. The standard InChI is InChI=1S/C20H18N2O3/c1-12-18(11-15-10-17(25-3)7-8-19(15)21-12)20(24)22-16-6-4-5-14(9-16)13(2)23/h4-11H,1-3H3,(H,22,24). The van der Waals surface area contributed by atoms with E-state index in [1.54, 1.807) is 44.4 Å². The van der Waals surface area contributed by atoms with Gasteiger partial charge >= 0.3 is 0 Å². The Labute approximate surface area is 145 Å². The summed E-state index contributed by atoms with van der Waals surface area (Å²) in [6.45, 7) is 3.29. The lowest BCUT2D eigenvalue weighted by Crippen LogP contribution is -2.14. The summed E-state index contributed by atoms with van der Waals surface area (Å²) in [5, 5.41) is 3.65. The van der Waals surface area contributed by atoms with Gasteiger partial charge < -0.3 is 10.1 Å². The molecule has 0 saturated heterocycles. The van der Waals surface area contributed by atoms with Gasteiger partial charge in [-0.3, -0.25) is 14.6 Å². The summed E-state index contributed by atoms with van der Waals surface area (Å²) in [5.74, 6) is 0.390. The molecule has 3 aromatic rings. The van der Waals surface area contributed by atoms with Crippen molar-refractivity contribution in [1.29, 1.82) is 0 Å². The highest BCUT2D eigenvalue weighted by Gasteiger charge is 2.13. The topological polar surface area (TPSA) is 68.3 Å². The first-order valence-corrected chi connectivity index (χ1v) is 7.85. The Morgan fingerprint density at radius 2 is 1.88 bits per heavy atom. The maximum Gasteiger partial charge on any atom is 0.257 e. The molecule has 5 nitrogen and oxygen atoms in total. The normalized spacial score (nSPS) is 10.5. The summed E-state index contributed by atoms with van der Waals surface area (Å²) >= 11 is 0. The fraction of sp³-hybridized carbons (Fsp3) is 0.150. The summed E-state index contributed by atoms with van der Waals surface area (Å²) in [5.41, 5.74) is 3.04. The quantitative estimate of drug-likeness (QED) is 0.732. The second kappa shape index (κ2) is 6.73. The van der Waals surface area contributed by atoms with Crippen molar-refractivity contribution in [3.05, 3.63) is 65.4 Å². The van der Waals surface area contributed by atoms with E-state index in [-0.39, 0.29) is 11.7 Å². The average Bonchev–Trinajstić information content (AvgIpc) is 2.60. The average molecular weight is 334 g/mol. The largest absolute Gasteiger partial charge is 0.497 e. The molecule has 3 rings (SSSR count). The number of aryl methyl sites for hydroxylation is 1. The zero-order valence-electron chi connectivity index (χ0n) is 14.3. The van der Waals surface area contributed by atoms with E-state index in [2.05, 4.69) is 10.3 Å². The number of carbonyl (C=O) groups is 2. The van der Waals surface area contributed by atoms with Crippen molar-refractivity contribution in [2.24, 2.45) is 0 Å². The van der Waals surface area contributed by atoms with Crippen LogP contribution in [-0.4, -0.2) is 23.8 Å². The van der Waals surface area contributed by atoms with Crippen molar-refractivity contribution >= 4 is 28.3 Å². The molecular weight excluding hydrogens is 316 g/mol. The predicted octanol–water partition coefficient (Wildman–Crippen LogP) is 4.01. The fourth-order valence-electron chi connectivity index (χ4n) is 2.62. The van der Waals surface area contributed by atoms with E-state index >= 15 is 0 Å². The zero-order valence-corrected chi connectivity index (χ0v) is 14.3. The van der Waals surface area contributed by atoms with Crippen molar-refractivity contribution < 1.29 is 14.3 Å². The van der Waals surface area contributed by atoms with Gasteiger partial charge in [-0.1, -0.05) is 12.1 Å². The van der Waals surface area contributed by atoms with Gasteiger partial charge in [0.2, 0.25) is 0 Å². The molecule has 0 bridgehead atoms. The van der Waals surface area contributed by atoms with E-state index in [4.69, 9.17) is 4.74 Å². The Bertz CT molecular complexity index is 980. The fourth-order valence-corrected chi connectivity index (χ4v) is 2.62. The SMILES string of the molecule is COc1ccc2nc(C)c(C(=O)Nc3cccc(C(C)=O)c3)cc2c1. The van der Waals surface area contributed by atoms with Crippen LogP contribution in [0.3, 0.4) is 0 Å². The summed E-state index contributed by atoms with van der Waals surface area (Å²) < 4.78 is 5.22. The van der Waals surface area contributed by atoms with Gasteiger partial charge in [-0.05, 0) is 50.2 Å². The van der Waals surface area contributed by atoms with Crippen LogP contribution in [0.4, 0.5) is 5.69 Å². The first-order chi connectivity index (χ1) is 12.0. The van der Waals surface area contributed by atoms with E-state index in [0.29, 0.717) is 28.3 Å². The molecule has 1 amide bonds. The highest BCUT2D eigenvalue weighted by atomic mass is 16.5. The van der Waals surface area contributed by atoms with E-state index < -0.39 is 0 Å². The molecule has 0 aliphatic carbocycles. The molecule has 1 aromatic heterocycles. The molecule has 5 heteroatoms. The molecule has 0 aliphatic heterocycles. The second-order valence-corrected chi connectivity index (χ2v) is 5.77. The summed E-state index contributed by atoms with van der Waals surface area (Å²) in [4.78, 5) is 28.6. The van der Waals surface area contributed by atoms with Crippen molar-refractivity contribution in [3.63, 3.8) is 0 Å². The second-order valence-electron chi connectivity index (χ2n) is 5.77. The number of carbonyl (C=O) groups excluding carboxylic acids is 2. The minimum atomic E-state index is -0.268. The van der Waals surface area contributed by atoms with Crippen LogP contribution in [0.2, 0.25) is 0 Å². The number of ketones is 1. The third-order valence-electron chi connectivity index (χ3n) is 3.98. The summed E-state index contributed by atoms with van der Waals surface area (Å²) in [7, 11) is 1.60. The number of nitrogens with one attached hydrogen (secondary N) is 1. The van der Waals surface area contributed by atoms with Crippen LogP contribution in [0.1, 0.15) is 33.3 Å². The highest BCUT2D eigenvalue weighted by molar-refractivity contribution is 6.07. The number of hydrogen-bond donors (Lipinski definition) is 1. The monoisotopic (exact) mass is 334 g/mol. The van der Waals surface area contributed by atoms with Crippen LogP contribution in [0.15, 0.2) is 48.5 Å². The van der Waals surface area contributed by atoms with Crippen LogP contribution in [0.5, 0.6) is 5.75 Å². The molecule has 0 aliphatic rings. The first-order valence-electron chi connectivity index (χ1n) is 7.85. The zero-order chi connectivity index (χ0) is 18.0. The number of aromatic nitrogens is 1. The predicted molar refractivity (Wildman–Crippen MR) is 97.4 cm³/mol. The van der Waals surface area contributed by atoms with Gasteiger partial charge in [-0.25, -0.2) is 0 Å². The van der Waals surface area contributed by atoms with Gasteiger partial charge in [0.15, 0.2) is 5.78 Å². The Morgan fingerprint density at radius 1 is 1.08 bits per heavy atom. The molecule has 0 radical (unpaired) electrons. The van der Waals surface area contributed by atoms with Gasteiger partial charge in [-0.15, -0.1) is 0 Å². The minimum absolute atomic E-state index is 0.0493. The number of amides is 1. The van der Waals surface area contributed by atoms with Crippen molar-refractivity contribution in [1.82, 2.24) is 4.98 Å². The van der Waals surface area contributed by atoms with Crippen LogP contribution in [0.25, 0.3) is 10.9 Å². The number of pyridine rings is 1. The number of benzene rings is 2. The molecule has 126 valence electrons. The smallest absolute Gasteiger partial charge is 0.257 e. The number of Topliss-reactive ketones (excluding diaryl/α,β-unsaturated/α-hetero) is 1. The maximum absolute atomic E-state index is 12.6. The molecule has 0 atom stereocenters. The number of nitrogens with zero attached hydrogens (tertiary/aromatic N) is 1. The number of ether oxygens (including phenoxy) is 1. The molecule has 25 heavy (non-hydrogen) atoms. The van der Waals surface area contributed by atoms with Crippen LogP contribution >= 0.6 is 0 Å². The number of rotatable bonds is 4. The number of fused-ring (bicyclic) bond motifs is 1. The third-order valence-corrected chi connectivity index (χ3v) is 3.98. The molecule has 0 unspecified atom stereocenters. The highest BCUT2D eigenvalue weighted by Crippen LogP contribution is 2.22. The van der Waals surface area contributed by atoms with Gasteiger partial charge in [0.1, 0.15) is 5.75 Å². The Hall–Kier alpha value is -3.21. The van der Waals surface area contributed by atoms with E-state index in [0.717, 1.165) is 10.9 Å². The first kappa shape index (κ1) is 16.6. The van der Waals surface area contributed by atoms with Gasteiger partial charge in [0.05, 0.1) is 23.9 Å². The number of methoxy groups -OCH3 is 1. The lowest BCUT2D eigenvalue weighted by Gasteiger charge is -2.10. The van der Waals surface area contributed by atoms with E-state index in [9.17, 15) is 9.59 Å². The summed E-state index contributed by atoms with van der Waals surface area (Å²) in [6.07, 6.45) is 0. The lowest BCUT2D eigenvalue weighted by atomic mass is 10.1. The van der Waals surface area contributed by atoms with Crippen LogP contribution in [0, 0.1) is 6.92 Å². The maximum atomic E-state index is 12.6. The Kier molecular flexibility index (Phi) is 4.48. The van der Waals surface area contributed by atoms with Crippen LogP contribution < -0.4 is 10.1 Å². The van der Waals surface area contributed by atoms with Crippen molar-refractivity contribution in [2.45, 2.75) is 13.8 Å². The Morgan fingerprint density at radius 3 is 2.60 bits per heavy atom. The van der Waals surface area contributed by atoms with Crippen molar-refractivity contribution in [3.8, 4) is 5.75 Å². The van der Waals surface area contributed by atoms with Crippen molar-refractivity contribution in [2.75, 3.05) is 12.4 Å². The molecule has 0 fully saturated rings. The summed E-state index contributed by atoms with van der Waals surface area (Å²) in [6, 6.07) is 14.2.